The van der Waals surface area contributed by atoms with Crippen molar-refractivity contribution in [3.8, 4) is 0 Å². The molecule has 0 aliphatic carbocycles. The van der Waals surface area contributed by atoms with E-state index in [-0.39, 0.29) is 23.3 Å². The molecule has 18 heavy (non-hydrogen) atoms. The number of carbonyl (C=O) groups is 2. The molecule has 3 aliphatic heterocycles. The van der Waals surface area contributed by atoms with Crippen LogP contribution in [0.4, 0.5) is 0 Å². The molecule has 2 N–H and O–H groups in total. The molecular weight excluding hydrogens is 230 g/mol. The summed E-state index contributed by atoms with van der Waals surface area (Å²) in [6.07, 6.45) is 0.360. The predicted octanol–water partition coefficient (Wildman–Crippen LogP) is -0.421. The third-order valence-electron chi connectivity index (χ3n) is 4.95. The van der Waals surface area contributed by atoms with Gasteiger partial charge in [0.15, 0.2) is 0 Å². The Morgan fingerprint density at radius 2 is 2.11 bits per heavy atom. The standard InChI is InChI=1S/C13H21N3O2/c1-13(2)10-6-14-4-9(10)7-16(13)12(18)8-3-11(17)15-5-8/h8-10,14H,3-7H2,1-2H3,(H,15,17). The highest BCUT2D eigenvalue weighted by atomic mass is 16.2. The fourth-order valence-corrected chi connectivity index (χ4v) is 3.80. The Kier molecular flexibility index (Phi) is 2.62. The van der Waals surface area contributed by atoms with E-state index in [9.17, 15) is 9.59 Å². The maximum absolute atomic E-state index is 12.6. The van der Waals surface area contributed by atoms with E-state index < -0.39 is 0 Å². The lowest BCUT2D eigenvalue weighted by Gasteiger charge is -2.36. The molecule has 3 heterocycles. The first-order valence-electron chi connectivity index (χ1n) is 6.79. The Labute approximate surface area is 107 Å². The van der Waals surface area contributed by atoms with Crippen LogP contribution in [0.25, 0.3) is 0 Å². The van der Waals surface area contributed by atoms with E-state index in [0.717, 1.165) is 19.6 Å². The summed E-state index contributed by atoms with van der Waals surface area (Å²) in [7, 11) is 0. The van der Waals surface area contributed by atoms with Gasteiger partial charge in [-0.05, 0) is 25.7 Å². The van der Waals surface area contributed by atoms with E-state index in [2.05, 4.69) is 24.5 Å². The van der Waals surface area contributed by atoms with Crippen molar-refractivity contribution in [2.24, 2.45) is 17.8 Å². The Morgan fingerprint density at radius 3 is 2.72 bits per heavy atom. The van der Waals surface area contributed by atoms with Gasteiger partial charge < -0.3 is 15.5 Å². The first kappa shape index (κ1) is 12.0. The lowest BCUT2D eigenvalue weighted by Crippen LogP contribution is -2.50. The molecule has 0 bridgehead atoms. The third kappa shape index (κ3) is 1.64. The van der Waals surface area contributed by atoms with Gasteiger partial charge in [-0.2, -0.15) is 0 Å². The minimum absolute atomic E-state index is 0.00668. The monoisotopic (exact) mass is 251 g/mol. The number of hydrogen-bond acceptors (Lipinski definition) is 3. The van der Waals surface area contributed by atoms with Crippen molar-refractivity contribution in [3.05, 3.63) is 0 Å². The molecule has 0 aromatic rings. The normalized spacial score (nSPS) is 37.8. The van der Waals surface area contributed by atoms with Crippen LogP contribution in [0.1, 0.15) is 20.3 Å². The SMILES string of the molecule is CC1(C)C2CNCC2CN1C(=O)C1CNC(=O)C1. The van der Waals surface area contributed by atoms with E-state index in [1.165, 1.54) is 0 Å². The van der Waals surface area contributed by atoms with Gasteiger partial charge in [-0.1, -0.05) is 0 Å². The number of hydrogen-bond donors (Lipinski definition) is 2. The van der Waals surface area contributed by atoms with Crippen molar-refractivity contribution in [2.45, 2.75) is 25.8 Å². The minimum Gasteiger partial charge on any atom is -0.355 e. The zero-order valence-electron chi connectivity index (χ0n) is 11.0. The molecule has 3 rings (SSSR count). The van der Waals surface area contributed by atoms with Crippen LogP contribution in [0.2, 0.25) is 0 Å². The second kappa shape index (κ2) is 3.95. The van der Waals surface area contributed by atoms with Crippen LogP contribution in [0, 0.1) is 17.8 Å². The number of fused-ring (bicyclic) bond motifs is 1. The highest BCUT2D eigenvalue weighted by molar-refractivity contribution is 5.89. The molecule has 3 saturated heterocycles. The van der Waals surface area contributed by atoms with Crippen LogP contribution in [0.15, 0.2) is 0 Å². The van der Waals surface area contributed by atoms with Crippen molar-refractivity contribution in [2.75, 3.05) is 26.2 Å². The molecule has 3 unspecified atom stereocenters. The molecule has 0 spiro atoms. The average Bonchev–Trinajstić information content (AvgIpc) is 2.96. The Morgan fingerprint density at radius 1 is 1.33 bits per heavy atom. The number of likely N-dealkylation sites (tertiary alicyclic amines) is 1. The van der Waals surface area contributed by atoms with Crippen LogP contribution >= 0.6 is 0 Å². The van der Waals surface area contributed by atoms with Crippen molar-refractivity contribution in [1.29, 1.82) is 0 Å². The van der Waals surface area contributed by atoms with E-state index in [0.29, 0.717) is 24.8 Å². The second-order valence-electron chi connectivity index (χ2n) is 6.33. The first-order chi connectivity index (χ1) is 8.50. The van der Waals surface area contributed by atoms with E-state index in [4.69, 9.17) is 0 Å². The highest BCUT2D eigenvalue weighted by Crippen LogP contribution is 2.41. The zero-order valence-corrected chi connectivity index (χ0v) is 11.0. The zero-order chi connectivity index (χ0) is 12.9. The van der Waals surface area contributed by atoms with Crippen LogP contribution < -0.4 is 10.6 Å². The summed E-state index contributed by atoms with van der Waals surface area (Å²) < 4.78 is 0. The van der Waals surface area contributed by atoms with Gasteiger partial charge in [-0.3, -0.25) is 9.59 Å². The van der Waals surface area contributed by atoms with Crippen LogP contribution in [-0.2, 0) is 9.59 Å². The molecule has 5 heteroatoms. The lowest BCUT2D eigenvalue weighted by molar-refractivity contribution is -0.139. The quantitative estimate of drug-likeness (QED) is 0.665. The number of rotatable bonds is 1. The lowest BCUT2D eigenvalue weighted by atomic mass is 9.84. The molecule has 0 aromatic heterocycles. The molecule has 2 amide bonds. The predicted molar refractivity (Wildman–Crippen MR) is 66.8 cm³/mol. The summed E-state index contributed by atoms with van der Waals surface area (Å²) in [5, 5.41) is 6.16. The van der Waals surface area contributed by atoms with Gasteiger partial charge in [0.25, 0.3) is 0 Å². The Hall–Kier alpha value is -1.10. The highest BCUT2D eigenvalue weighted by Gasteiger charge is 2.52. The number of amides is 2. The van der Waals surface area contributed by atoms with Crippen molar-refractivity contribution in [3.63, 3.8) is 0 Å². The van der Waals surface area contributed by atoms with Crippen LogP contribution in [-0.4, -0.2) is 48.4 Å². The maximum Gasteiger partial charge on any atom is 0.228 e. The largest absolute Gasteiger partial charge is 0.355 e. The summed E-state index contributed by atoms with van der Waals surface area (Å²) in [4.78, 5) is 25.8. The Bertz CT molecular complexity index is 394. The molecule has 100 valence electrons. The average molecular weight is 251 g/mol. The molecule has 3 atom stereocenters. The van der Waals surface area contributed by atoms with Gasteiger partial charge in [-0.15, -0.1) is 0 Å². The van der Waals surface area contributed by atoms with Crippen LogP contribution in [0.3, 0.4) is 0 Å². The molecule has 3 fully saturated rings. The summed E-state index contributed by atoms with van der Waals surface area (Å²) in [5.74, 6) is 1.14. The third-order valence-corrected chi connectivity index (χ3v) is 4.95. The van der Waals surface area contributed by atoms with Gasteiger partial charge in [0, 0.05) is 38.1 Å². The molecule has 0 saturated carbocycles. The first-order valence-corrected chi connectivity index (χ1v) is 6.79. The van der Waals surface area contributed by atoms with E-state index >= 15 is 0 Å². The fraction of sp³-hybridized carbons (Fsp3) is 0.846. The van der Waals surface area contributed by atoms with Crippen molar-refractivity contribution >= 4 is 11.8 Å². The maximum atomic E-state index is 12.6. The summed E-state index contributed by atoms with van der Waals surface area (Å²) in [6.45, 7) is 7.69. The van der Waals surface area contributed by atoms with Gasteiger partial charge in [0.2, 0.25) is 11.8 Å². The molecular formula is C13H21N3O2. The topological polar surface area (TPSA) is 61.4 Å². The molecule has 3 aliphatic rings. The van der Waals surface area contributed by atoms with Gasteiger partial charge >= 0.3 is 0 Å². The number of nitrogens with zero attached hydrogens (tertiary/aromatic N) is 1. The van der Waals surface area contributed by atoms with E-state index in [1.54, 1.807) is 0 Å². The summed E-state index contributed by atoms with van der Waals surface area (Å²) >= 11 is 0. The molecule has 5 nitrogen and oxygen atoms in total. The smallest absolute Gasteiger partial charge is 0.228 e. The van der Waals surface area contributed by atoms with Gasteiger partial charge in [-0.25, -0.2) is 0 Å². The van der Waals surface area contributed by atoms with Crippen molar-refractivity contribution < 1.29 is 9.59 Å². The molecule has 0 radical (unpaired) electrons. The number of nitrogens with one attached hydrogen (secondary N) is 2. The van der Waals surface area contributed by atoms with Gasteiger partial charge in [0.05, 0.1) is 5.92 Å². The van der Waals surface area contributed by atoms with Crippen molar-refractivity contribution in [1.82, 2.24) is 15.5 Å². The second-order valence-corrected chi connectivity index (χ2v) is 6.33. The molecule has 0 aromatic carbocycles. The van der Waals surface area contributed by atoms with E-state index in [1.807, 2.05) is 4.90 Å². The summed E-state index contributed by atoms with van der Waals surface area (Å²) in [6, 6.07) is 0. The van der Waals surface area contributed by atoms with Gasteiger partial charge in [0.1, 0.15) is 0 Å². The van der Waals surface area contributed by atoms with Crippen LogP contribution in [0.5, 0.6) is 0 Å². The minimum atomic E-state index is -0.149. The fourth-order valence-electron chi connectivity index (χ4n) is 3.80. The summed E-state index contributed by atoms with van der Waals surface area (Å²) in [5.41, 5.74) is -0.0864. The Balaban J connectivity index is 1.76. The number of carbonyl (C=O) groups excluding carboxylic acids is 2.